The molecule has 162 valence electrons. The van der Waals surface area contributed by atoms with Crippen molar-refractivity contribution in [3.05, 3.63) is 59.7 Å². The molecule has 0 radical (unpaired) electrons. The minimum Gasteiger partial charge on any atom is -0.207 e. The molecule has 0 bridgehead atoms. The Labute approximate surface area is 181 Å². The van der Waals surface area contributed by atoms with E-state index in [1.165, 1.54) is 82.8 Å². The van der Waals surface area contributed by atoms with Gasteiger partial charge in [-0.2, -0.15) is 0 Å². The monoisotopic (exact) mass is 410 g/mol. The van der Waals surface area contributed by atoms with Crippen LogP contribution in [0.1, 0.15) is 89.0 Å². The number of fused-ring (bicyclic) bond motifs is 1. The average molecular weight is 411 g/mol. The maximum atomic E-state index is 14.9. The van der Waals surface area contributed by atoms with Crippen molar-refractivity contribution in [1.82, 2.24) is 0 Å². The normalized spacial score (nSPS) is 26.4. The van der Waals surface area contributed by atoms with Gasteiger partial charge in [-0.05, 0) is 85.1 Å². The molecule has 4 rings (SSSR count). The van der Waals surface area contributed by atoms with E-state index in [-0.39, 0.29) is 11.6 Å². The lowest BCUT2D eigenvalue weighted by atomic mass is 9.63. The summed E-state index contributed by atoms with van der Waals surface area (Å²) < 4.78 is 28.0. The number of hydrogen-bond donors (Lipinski definition) is 0. The zero-order valence-corrected chi connectivity index (χ0v) is 18.4. The van der Waals surface area contributed by atoms with Crippen molar-refractivity contribution >= 4 is 0 Å². The van der Waals surface area contributed by atoms with E-state index in [9.17, 15) is 8.78 Å². The molecule has 30 heavy (non-hydrogen) atoms. The Balaban J connectivity index is 1.35. The van der Waals surface area contributed by atoms with E-state index in [4.69, 9.17) is 0 Å². The first-order chi connectivity index (χ1) is 14.6. The molecule has 0 spiro atoms. The average Bonchev–Trinajstić information content (AvgIpc) is 2.77. The lowest BCUT2D eigenvalue weighted by Gasteiger charge is -2.42. The van der Waals surface area contributed by atoms with Crippen molar-refractivity contribution < 1.29 is 8.78 Å². The van der Waals surface area contributed by atoms with Gasteiger partial charge in [0, 0.05) is 5.56 Å². The van der Waals surface area contributed by atoms with Crippen molar-refractivity contribution in [2.75, 3.05) is 0 Å². The van der Waals surface area contributed by atoms with Crippen molar-refractivity contribution in [1.29, 1.82) is 0 Å². The topological polar surface area (TPSA) is 0 Å². The molecule has 0 heterocycles. The Morgan fingerprint density at radius 2 is 1.57 bits per heavy atom. The fourth-order valence-electron chi connectivity index (χ4n) is 6.06. The molecule has 0 saturated heterocycles. The summed E-state index contributed by atoms with van der Waals surface area (Å²) in [7, 11) is 0. The highest BCUT2D eigenvalue weighted by molar-refractivity contribution is 5.64. The van der Waals surface area contributed by atoms with Crippen LogP contribution in [0.4, 0.5) is 8.78 Å². The third-order valence-electron chi connectivity index (χ3n) is 7.81. The molecule has 4 atom stereocenters. The van der Waals surface area contributed by atoms with Crippen LogP contribution in [-0.2, 0) is 0 Å². The lowest BCUT2D eigenvalue weighted by molar-refractivity contribution is 0.113. The summed E-state index contributed by atoms with van der Waals surface area (Å²) in [6, 6.07) is 11.8. The van der Waals surface area contributed by atoms with Crippen LogP contribution in [0.5, 0.6) is 0 Å². The van der Waals surface area contributed by atoms with Crippen LogP contribution < -0.4 is 0 Å². The van der Waals surface area contributed by atoms with Gasteiger partial charge in [-0.3, -0.25) is 0 Å². The Kier molecular flexibility index (Phi) is 7.23. The van der Waals surface area contributed by atoms with E-state index in [2.05, 4.69) is 13.0 Å². The molecule has 0 aliphatic heterocycles. The van der Waals surface area contributed by atoms with Crippen LogP contribution in [0.2, 0.25) is 0 Å². The second-order valence-corrected chi connectivity index (χ2v) is 9.80. The van der Waals surface area contributed by atoms with Gasteiger partial charge in [0.2, 0.25) is 0 Å². The molecule has 0 N–H and O–H groups in total. The van der Waals surface area contributed by atoms with Crippen molar-refractivity contribution in [3.63, 3.8) is 0 Å². The fourth-order valence-corrected chi connectivity index (χ4v) is 6.06. The molecular weight excluding hydrogens is 374 g/mol. The molecule has 2 heteroatoms. The van der Waals surface area contributed by atoms with Crippen LogP contribution in [0.3, 0.4) is 0 Å². The van der Waals surface area contributed by atoms with Gasteiger partial charge >= 0.3 is 0 Å². The van der Waals surface area contributed by atoms with Crippen LogP contribution in [0, 0.1) is 29.4 Å². The van der Waals surface area contributed by atoms with Crippen LogP contribution >= 0.6 is 0 Å². The standard InChI is InChI=1S/C28H36F2/c1-2-3-4-5-6-20-7-8-23-18-24(10-9-22(23)17-20)25-13-16-27(28(30)19-25)21-11-14-26(29)15-12-21/h11-16,19-20,22-24H,2-10,17-18H2,1H3. The van der Waals surface area contributed by atoms with Gasteiger partial charge in [0.1, 0.15) is 11.6 Å². The van der Waals surface area contributed by atoms with E-state index in [0.29, 0.717) is 11.5 Å². The van der Waals surface area contributed by atoms with E-state index in [1.54, 1.807) is 18.2 Å². The summed E-state index contributed by atoms with van der Waals surface area (Å²) in [5.74, 6) is 2.70. The van der Waals surface area contributed by atoms with E-state index >= 15 is 0 Å². The zero-order valence-electron chi connectivity index (χ0n) is 18.4. The first-order valence-electron chi connectivity index (χ1n) is 12.2. The predicted molar refractivity (Wildman–Crippen MR) is 121 cm³/mol. The predicted octanol–water partition coefficient (Wildman–Crippen LogP) is 8.90. The maximum Gasteiger partial charge on any atom is 0.131 e. The third kappa shape index (κ3) is 5.13. The highest BCUT2D eigenvalue weighted by atomic mass is 19.1. The maximum absolute atomic E-state index is 14.9. The SMILES string of the molecule is CCCCCCC1CCC2CC(c3ccc(-c4ccc(F)cc4)c(F)c3)CCC2C1. The van der Waals surface area contributed by atoms with Crippen LogP contribution in [-0.4, -0.2) is 0 Å². The van der Waals surface area contributed by atoms with Gasteiger partial charge in [0.15, 0.2) is 0 Å². The molecule has 2 aromatic carbocycles. The number of hydrogen-bond acceptors (Lipinski definition) is 0. The number of unbranched alkanes of at least 4 members (excludes halogenated alkanes) is 3. The van der Waals surface area contributed by atoms with E-state index in [1.807, 2.05) is 6.07 Å². The van der Waals surface area contributed by atoms with Gasteiger partial charge in [0.05, 0.1) is 0 Å². The summed E-state index contributed by atoms with van der Waals surface area (Å²) in [5, 5.41) is 0. The lowest BCUT2D eigenvalue weighted by Crippen LogP contribution is -2.30. The first-order valence-corrected chi connectivity index (χ1v) is 12.2. The van der Waals surface area contributed by atoms with Crippen LogP contribution in [0.15, 0.2) is 42.5 Å². The molecule has 2 aliphatic carbocycles. The number of benzene rings is 2. The van der Waals surface area contributed by atoms with E-state index in [0.717, 1.165) is 28.9 Å². The molecule has 0 aromatic heterocycles. The molecule has 4 unspecified atom stereocenters. The van der Waals surface area contributed by atoms with E-state index < -0.39 is 0 Å². The molecule has 0 amide bonds. The van der Waals surface area contributed by atoms with Gasteiger partial charge in [0.25, 0.3) is 0 Å². The van der Waals surface area contributed by atoms with Crippen LogP contribution in [0.25, 0.3) is 11.1 Å². The quantitative estimate of drug-likeness (QED) is 0.400. The summed E-state index contributed by atoms with van der Waals surface area (Å²) in [4.78, 5) is 0. The van der Waals surface area contributed by atoms with Crippen molar-refractivity contribution in [2.45, 2.75) is 83.5 Å². The number of halogens is 2. The van der Waals surface area contributed by atoms with Gasteiger partial charge in [-0.1, -0.05) is 69.7 Å². The molecule has 2 fully saturated rings. The zero-order chi connectivity index (χ0) is 20.9. The Bertz CT molecular complexity index is 810. The second kappa shape index (κ2) is 10.1. The molecule has 2 aliphatic rings. The van der Waals surface area contributed by atoms with Gasteiger partial charge in [-0.25, -0.2) is 8.78 Å². The van der Waals surface area contributed by atoms with Gasteiger partial charge < -0.3 is 0 Å². The summed E-state index contributed by atoms with van der Waals surface area (Å²) in [6.07, 6.45) is 14.9. The third-order valence-corrected chi connectivity index (χ3v) is 7.81. The fraction of sp³-hybridized carbons (Fsp3) is 0.571. The summed E-state index contributed by atoms with van der Waals surface area (Å²) >= 11 is 0. The van der Waals surface area contributed by atoms with Gasteiger partial charge in [-0.15, -0.1) is 0 Å². The molecule has 2 saturated carbocycles. The summed E-state index contributed by atoms with van der Waals surface area (Å²) in [5.41, 5.74) is 2.45. The minimum atomic E-state index is -0.289. The summed E-state index contributed by atoms with van der Waals surface area (Å²) in [6.45, 7) is 2.28. The highest BCUT2D eigenvalue weighted by Gasteiger charge is 2.35. The largest absolute Gasteiger partial charge is 0.207 e. The van der Waals surface area contributed by atoms with Crippen molar-refractivity contribution in [2.24, 2.45) is 17.8 Å². The Morgan fingerprint density at radius 1 is 0.800 bits per heavy atom. The molecule has 2 aromatic rings. The second-order valence-electron chi connectivity index (χ2n) is 9.80. The minimum absolute atomic E-state index is 0.183. The Hall–Kier alpha value is -1.70. The smallest absolute Gasteiger partial charge is 0.131 e. The highest BCUT2D eigenvalue weighted by Crippen LogP contribution is 2.48. The molecular formula is C28H36F2. The molecule has 0 nitrogen and oxygen atoms in total. The Morgan fingerprint density at radius 3 is 2.33 bits per heavy atom. The number of rotatable bonds is 7. The first kappa shape index (κ1) is 21.5. The van der Waals surface area contributed by atoms with Crippen molar-refractivity contribution in [3.8, 4) is 11.1 Å².